The Kier molecular flexibility index (Phi) is 7.21. The van der Waals surface area contributed by atoms with Crippen molar-refractivity contribution < 1.29 is 22.8 Å². The standard InChI is InChI=1S/C20H32N4O6S/c1-15-12-22(13-16(2)30-15)20(3,4)14-21-18-6-5-17(11-19(18)24(25)26)31(27,28)23-7-9-29-10-8-23/h5-6,11,15-16,21H,7-10,12-14H2,1-4H3/t15-,16-/m0/s1. The van der Waals surface area contributed by atoms with Gasteiger partial charge in [-0.25, -0.2) is 8.42 Å². The molecule has 0 radical (unpaired) electrons. The van der Waals surface area contributed by atoms with Gasteiger partial charge < -0.3 is 14.8 Å². The van der Waals surface area contributed by atoms with Gasteiger partial charge in [0.25, 0.3) is 5.69 Å². The fourth-order valence-electron chi connectivity index (χ4n) is 4.00. The summed E-state index contributed by atoms with van der Waals surface area (Å²) in [5.74, 6) is 0. The molecule has 2 saturated heterocycles. The van der Waals surface area contributed by atoms with E-state index in [2.05, 4.69) is 24.1 Å². The van der Waals surface area contributed by atoms with E-state index in [0.717, 1.165) is 19.2 Å². The van der Waals surface area contributed by atoms with Gasteiger partial charge in [0, 0.05) is 44.3 Å². The third kappa shape index (κ3) is 5.53. The fourth-order valence-corrected chi connectivity index (χ4v) is 5.43. The number of anilines is 1. The molecule has 11 heteroatoms. The second kappa shape index (κ2) is 9.37. The van der Waals surface area contributed by atoms with Crippen LogP contribution in [0.3, 0.4) is 0 Å². The van der Waals surface area contributed by atoms with Gasteiger partial charge in [-0.3, -0.25) is 15.0 Å². The largest absolute Gasteiger partial charge is 0.379 e. The Morgan fingerprint density at radius 2 is 1.81 bits per heavy atom. The minimum atomic E-state index is -3.81. The molecule has 1 aromatic carbocycles. The number of hydrogen-bond donors (Lipinski definition) is 1. The molecule has 2 atom stereocenters. The Labute approximate surface area is 183 Å². The van der Waals surface area contributed by atoms with Crippen molar-refractivity contribution in [3.8, 4) is 0 Å². The van der Waals surface area contributed by atoms with Crippen LogP contribution in [0, 0.1) is 10.1 Å². The van der Waals surface area contributed by atoms with Crippen molar-refractivity contribution in [1.29, 1.82) is 0 Å². The Hall–Kier alpha value is -1.79. The normalized spacial score (nSPS) is 24.1. The van der Waals surface area contributed by atoms with Gasteiger partial charge in [0.2, 0.25) is 10.0 Å². The molecule has 0 saturated carbocycles. The molecular weight excluding hydrogens is 424 g/mol. The van der Waals surface area contributed by atoms with Gasteiger partial charge in [0.05, 0.1) is 35.2 Å². The zero-order chi connectivity index (χ0) is 22.8. The molecule has 1 N–H and O–H groups in total. The summed E-state index contributed by atoms with van der Waals surface area (Å²) in [6.45, 7) is 11.3. The minimum absolute atomic E-state index is 0.0817. The SMILES string of the molecule is C[C@H]1CN(C(C)(C)CNc2ccc(S(=O)(=O)N3CCOCC3)cc2[N+](=O)[O-])C[C@H](C)O1. The smallest absolute Gasteiger partial charge is 0.293 e. The lowest BCUT2D eigenvalue weighted by molar-refractivity contribution is -0.384. The van der Waals surface area contributed by atoms with Crippen LogP contribution in [0.25, 0.3) is 0 Å². The average Bonchev–Trinajstić information content (AvgIpc) is 2.72. The lowest BCUT2D eigenvalue weighted by Crippen LogP contribution is -2.57. The molecule has 0 aliphatic carbocycles. The number of morpholine rings is 2. The van der Waals surface area contributed by atoms with E-state index in [1.54, 1.807) is 0 Å². The molecule has 2 fully saturated rings. The molecule has 0 bridgehead atoms. The Balaban J connectivity index is 1.78. The van der Waals surface area contributed by atoms with E-state index in [4.69, 9.17) is 9.47 Å². The van der Waals surface area contributed by atoms with Crippen molar-refractivity contribution in [2.75, 3.05) is 51.3 Å². The number of hydrogen-bond acceptors (Lipinski definition) is 8. The number of ether oxygens (including phenoxy) is 2. The summed E-state index contributed by atoms with van der Waals surface area (Å²) in [7, 11) is -3.81. The summed E-state index contributed by atoms with van der Waals surface area (Å²) < 4.78 is 38.0. The predicted molar refractivity (Wildman–Crippen MR) is 117 cm³/mol. The molecule has 0 aromatic heterocycles. The summed E-state index contributed by atoms with van der Waals surface area (Å²) in [5.41, 5.74) is -0.235. The monoisotopic (exact) mass is 456 g/mol. The van der Waals surface area contributed by atoms with Crippen LogP contribution >= 0.6 is 0 Å². The van der Waals surface area contributed by atoms with Gasteiger partial charge in [-0.1, -0.05) is 0 Å². The van der Waals surface area contributed by atoms with Gasteiger partial charge in [-0.05, 0) is 39.8 Å². The van der Waals surface area contributed by atoms with Crippen LogP contribution in [0.15, 0.2) is 23.1 Å². The molecule has 2 aliphatic heterocycles. The molecule has 174 valence electrons. The van der Waals surface area contributed by atoms with Crippen molar-refractivity contribution in [2.24, 2.45) is 0 Å². The van der Waals surface area contributed by atoms with E-state index in [1.807, 2.05) is 13.8 Å². The third-order valence-corrected chi connectivity index (χ3v) is 7.66. The number of benzene rings is 1. The maximum atomic E-state index is 12.9. The maximum Gasteiger partial charge on any atom is 0.293 e. The maximum absolute atomic E-state index is 12.9. The van der Waals surface area contributed by atoms with E-state index in [9.17, 15) is 18.5 Å². The van der Waals surface area contributed by atoms with Gasteiger partial charge in [-0.15, -0.1) is 0 Å². The van der Waals surface area contributed by atoms with Gasteiger partial charge in [-0.2, -0.15) is 4.31 Å². The van der Waals surface area contributed by atoms with Crippen LogP contribution in [0.1, 0.15) is 27.7 Å². The number of nitrogens with zero attached hydrogens (tertiary/aromatic N) is 3. The van der Waals surface area contributed by atoms with Crippen molar-refractivity contribution in [3.05, 3.63) is 28.3 Å². The Morgan fingerprint density at radius 3 is 2.39 bits per heavy atom. The molecule has 10 nitrogen and oxygen atoms in total. The fraction of sp³-hybridized carbons (Fsp3) is 0.700. The zero-order valence-electron chi connectivity index (χ0n) is 18.5. The molecule has 0 unspecified atom stereocenters. The van der Waals surface area contributed by atoms with Crippen LogP contribution in [-0.2, 0) is 19.5 Å². The van der Waals surface area contributed by atoms with Crippen molar-refractivity contribution in [3.63, 3.8) is 0 Å². The summed E-state index contributed by atoms with van der Waals surface area (Å²) in [6, 6.07) is 4.04. The molecule has 1 aromatic rings. The highest BCUT2D eigenvalue weighted by Crippen LogP contribution is 2.30. The van der Waals surface area contributed by atoms with Gasteiger partial charge in [0.15, 0.2) is 0 Å². The zero-order valence-corrected chi connectivity index (χ0v) is 19.4. The molecule has 2 heterocycles. The molecule has 3 rings (SSSR count). The number of sulfonamides is 1. The van der Waals surface area contributed by atoms with Crippen molar-refractivity contribution >= 4 is 21.4 Å². The second-order valence-corrected chi connectivity index (χ2v) is 10.7. The summed E-state index contributed by atoms with van der Waals surface area (Å²) in [6.07, 6.45) is 0.226. The van der Waals surface area contributed by atoms with Crippen LogP contribution in [-0.4, -0.2) is 86.2 Å². The highest BCUT2D eigenvalue weighted by atomic mass is 32.2. The van der Waals surface area contributed by atoms with E-state index in [-0.39, 0.29) is 41.4 Å². The highest BCUT2D eigenvalue weighted by Gasteiger charge is 2.34. The van der Waals surface area contributed by atoms with E-state index in [0.29, 0.717) is 25.4 Å². The van der Waals surface area contributed by atoms with Crippen LogP contribution in [0.5, 0.6) is 0 Å². The first-order valence-electron chi connectivity index (χ1n) is 10.5. The first-order chi connectivity index (χ1) is 14.5. The first-order valence-corrected chi connectivity index (χ1v) is 12.0. The van der Waals surface area contributed by atoms with E-state index < -0.39 is 14.9 Å². The Bertz CT molecular complexity index is 891. The van der Waals surface area contributed by atoms with Crippen LogP contribution in [0.2, 0.25) is 0 Å². The van der Waals surface area contributed by atoms with Crippen LogP contribution < -0.4 is 5.32 Å². The molecular formula is C20H32N4O6S. The Morgan fingerprint density at radius 1 is 1.19 bits per heavy atom. The molecule has 31 heavy (non-hydrogen) atoms. The number of nitro groups is 1. The molecule has 2 aliphatic rings. The van der Waals surface area contributed by atoms with Crippen molar-refractivity contribution in [1.82, 2.24) is 9.21 Å². The lowest BCUT2D eigenvalue weighted by atomic mass is 10.00. The predicted octanol–water partition coefficient (Wildman–Crippen LogP) is 1.92. The molecule has 0 spiro atoms. The van der Waals surface area contributed by atoms with Crippen LogP contribution in [0.4, 0.5) is 11.4 Å². The molecule has 0 amide bonds. The number of nitrogens with one attached hydrogen (secondary N) is 1. The topological polar surface area (TPSA) is 114 Å². The third-order valence-electron chi connectivity index (χ3n) is 5.76. The van der Waals surface area contributed by atoms with Gasteiger partial charge >= 0.3 is 0 Å². The first kappa shape index (κ1) is 23.9. The quantitative estimate of drug-likeness (QED) is 0.489. The lowest BCUT2D eigenvalue weighted by Gasteiger charge is -2.45. The van der Waals surface area contributed by atoms with E-state index >= 15 is 0 Å². The van der Waals surface area contributed by atoms with E-state index in [1.165, 1.54) is 16.4 Å². The summed E-state index contributed by atoms with van der Waals surface area (Å²) >= 11 is 0. The summed E-state index contributed by atoms with van der Waals surface area (Å²) in [4.78, 5) is 13.4. The minimum Gasteiger partial charge on any atom is -0.379 e. The van der Waals surface area contributed by atoms with Gasteiger partial charge in [0.1, 0.15) is 5.69 Å². The highest BCUT2D eigenvalue weighted by molar-refractivity contribution is 7.89. The number of nitro benzene ring substituents is 1. The average molecular weight is 457 g/mol. The summed E-state index contributed by atoms with van der Waals surface area (Å²) in [5, 5.41) is 14.9. The second-order valence-electron chi connectivity index (χ2n) is 8.78. The van der Waals surface area contributed by atoms with Crippen molar-refractivity contribution in [2.45, 2.75) is 50.3 Å². The number of rotatable bonds is 7.